The maximum Gasteiger partial charge on any atom is 0.237 e. The van der Waals surface area contributed by atoms with E-state index in [1.54, 1.807) is 6.92 Å². The maximum atomic E-state index is 13.8. The number of amides is 2. The van der Waals surface area contributed by atoms with Crippen LogP contribution in [-0.4, -0.2) is 17.1 Å². The van der Waals surface area contributed by atoms with Crippen LogP contribution in [0, 0.1) is 5.82 Å². The zero-order valence-corrected chi connectivity index (χ0v) is 14.3. The average Bonchev–Trinajstić information content (AvgIpc) is 2.56. The Morgan fingerprint density at radius 3 is 2.50 bits per heavy atom. The molecule has 0 heterocycles. The molecular weight excluding hydrogens is 327 g/mol. The third-order valence-corrected chi connectivity index (χ3v) is 4.47. The van der Waals surface area contributed by atoms with Gasteiger partial charge in [0.05, 0.1) is 10.9 Å². The highest BCUT2D eigenvalue weighted by atomic mass is 32.2. The standard InChI is InChI=1S/C18H19FN2O2S/c1-12(24-11-14-6-4-3-5-7-14)18(23)21-17-10-15(20-13(2)22)8-9-16(17)19/h3-10,12H,11H2,1-2H3,(H,20,22)(H,21,23). The number of hydrogen-bond donors (Lipinski definition) is 2. The van der Waals surface area contributed by atoms with Crippen LogP contribution in [0.15, 0.2) is 48.5 Å². The molecular formula is C18H19FN2O2S. The Bertz CT molecular complexity index is 722. The summed E-state index contributed by atoms with van der Waals surface area (Å²) in [7, 11) is 0. The van der Waals surface area contributed by atoms with Crippen molar-refractivity contribution in [3.8, 4) is 0 Å². The van der Waals surface area contributed by atoms with E-state index in [1.165, 1.54) is 36.9 Å². The van der Waals surface area contributed by atoms with E-state index in [4.69, 9.17) is 0 Å². The number of halogens is 1. The lowest BCUT2D eigenvalue weighted by Crippen LogP contribution is -2.23. The average molecular weight is 346 g/mol. The number of anilines is 2. The third kappa shape index (κ3) is 5.38. The van der Waals surface area contributed by atoms with E-state index >= 15 is 0 Å². The van der Waals surface area contributed by atoms with Gasteiger partial charge in [0.25, 0.3) is 0 Å². The van der Waals surface area contributed by atoms with Crippen LogP contribution < -0.4 is 10.6 Å². The fourth-order valence-electron chi connectivity index (χ4n) is 2.01. The van der Waals surface area contributed by atoms with Crippen LogP contribution in [0.4, 0.5) is 15.8 Å². The molecule has 2 aromatic carbocycles. The summed E-state index contributed by atoms with van der Waals surface area (Å²) >= 11 is 1.47. The normalized spacial score (nSPS) is 11.6. The number of carbonyl (C=O) groups is 2. The predicted molar refractivity (Wildman–Crippen MR) is 96.5 cm³/mol. The lowest BCUT2D eigenvalue weighted by Gasteiger charge is -2.13. The molecule has 0 aliphatic rings. The van der Waals surface area contributed by atoms with Crippen molar-refractivity contribution in [2.45, 2.75) is 24.9 Å². The van der Waals surface area contributed by atoms with Gasteiger partial charge < -0.3 is 10.6 Å². The van der Waals surface area contributed by atoms with Crippen LogP contribution in [0.5, 0.6) is 0 Å². The summed E-state index contributed by atoms with van der Waals surface area (Å²) in [5, 5.41) is 4.79. The molecule has 0 spiro atoms. The summed E-state index contributed by atoms with van der Waals surface area (Å²) in [6.45, 7) is 3.14. The first-order valence-electron chi connectivity index (χ1n) is 7.49. The van der Waals surface area contributed by atoms with Gasteiger partial charge in [-0.15, -0.1) is 11.8 Å². The first-order valence-corrected chi connectivity index (χ1v) is 8.54. The fourth-order valence-corrected chi connectivity index (χ4v) is 2.85. The van der Waals surface area contributed by atoms with Gasteiger partial charge in [0, 0.05) is 18.4 Å². The Morgan fingerprint density at radius 1 is 1.12 bits per heavy atom. The fraction of sp³-hybridized carbons (Fsp3) is 0.222. The summed E-state index contributed by atoms with van der Waals surface area (Å²) in [5.74, 6) is -0.387. The van der Waals surface area contributed by atoms with Crippen molar-refractivity contribution in [3.63, 3.8) is 0 Å². The summed E-state index contributed by atoms with van der Waals surface area (Å²) in [6, 6.07) is 13.9. The Labute approximate surface area is 144 Å². The van der Waals surface area contributed by atoms with Gasteiger partial charge >= 0.3 is 0 Å². The minimum absolute atomic E-state index is 0.0541. The number of thioether (sulfide) groups is 1. The van der Waals surface area contributed by atoms with Crippen LogP contribution in [0.2, 0.25) is 0 Å². The summed E-state index contributed by atoms with van der Waals surface area (Å²) in [4.78, 5) is 23.3. The van der Waals surface area contributed by atoms with Crippen LogP contribution in [-0.2, 0) is 15.3 Å². The molecule has 2 rings (SSSR count). The summed E-state index contributed by atoms with van der Waals surface area (Å²) in [5.41, 5.74) is 1.61. The molecule has 0 fully saturated rings. The predicted octanol–water partition coefficient (Wildman–Crippen LogP) is 4.04. The van der Waals surface area contributed by atoms with Crippen LogP contribution in [0.1, 0.15) is 19.4 Å². The molecule has 0 saturated heterocycles. The lowest BCUT2D eigenvalue weighted by atomic mass is 10.2. The lowest BCUT2D eigenvalue weighted by molar-refractivity contribution is -0.115. The maximum absolute atomic E-state index is 13.8. The van der Waals surface area contributed by atoms with E-state index in [2.05, 4.69) is 10.6 Å². The Hall–Kier alpha value is -2.34. The molecule has 0 aliphatic heterocycles. The zero-order chi connectivity index (χ0) is 17.5. The first kappa shape index (κ1) is 18.0. The number of hydrogen-bond acceptors (Lipinski definition) is 3. The molecule has 6 heteroatoms. The second kappa shape index (κ2) is 8.49. The molecule has 1 unspecified atom stereocenters. The van der Waals surface area contributed by atoms with Gasteiger partial charge in [-0.1, -0.05) is 30.3 Å². The molecule has 2 amide bonds. The molecule has 2 N–H and O–H groups in total. The minimum atomic E-state index is -0.544. The SMILES string of the molecule is CC(=O)Nc1ccc(F)c(NC(=O)C(C)SCc2ccccc2)c1. The number of nitrogens with one attached hydrogen (secondary N) is 2. The van der Waals surface area contributed by atoms with Crippen LogP contribution in [0.25, 0.3) is 0 Å². The zero-order valence-electron chi connectivity index (χ0n) is 13.5. The van der Waals surface area contributed by atoms with E-state index in [-0.39, 0.29) is 22.8 Å². The van der Waals surface area contributed by atoms with Crippen molar-refractivity contribution in [1.82, 2.24) is 0 Å². The molecule has 1 atom stereocenters. The number of benzene rings is 2. The van der Waals surface area contributed by atoms with Crippen molar-refractivity contribution < 1.29 is 14.0 Å². The minimum Gasteiger partial charge on any atom is -0.326 e. The van der Waals surface area contributed by atoms with Crippen molar-refractivity contribution in [3.05, 3.63) is 59.9 Å². The van der Waals surface area contributed by atoms with E-state index in [1.807, 2.05) is 30.3 Å². The number of rotatable bonds is 6. The highest BCUT2D eigenvalue weighted by Crippen LogP contribution is 2.23. The quantitative estimate of drug-likeness (QED) is 0.830. The smallest absolute Gasteiger partial charge is 0.237 e. The van der Waals surface area contributed by atoms with Gasteiger partial charge in [0.1, 0.15) is 5.82 Å². The summed E-state index contributed by atoms with van der Waals surface area (Å²) < 4.78 is 13.8. The monoisotopic (exact) mass is 346 g/mol. The third-order valence-electron chi connectivity index (χ3n) is 3.26. The molecule has 0 saturated carbocycles. The van der Waals surface area contributed by atoms with E-state index in [0.717, 1.165) is 5.56 Å². The topological polar surface area (TPSA) is 58.2 Å². The largest absolute Gasteiger partial charge is 0.326 e. The highest BCUT2D eigenvalue weighted by molar-refractivity contribution is 7.99. The van der Waals surface area contributed by atoms with E-state index in [9.17, 15) is 14.0 Å². The Balaban J connectivity index is 1.96. The van der Waals surface area contributed by atoms with Crippen LogP contribution >= 0.6 is 11.8 Å². The molecule has 4 nitrogen and oxygen atoms in total. The van der Waals surface area contributed by atoms with Crippen molar-refractivity contribution in [1.29, 1.82) is 0 Å². The molecule has 2 aromatic rings. The van der Waals surface area contributed by atoms with Gasteiger partial charge in [-0.3, -0.25) is 9.59 Å². The van der Waals surface area contributed by atoms with Gasteiger partial charge in [0.2, 0.25) is 11.8 Å². The van der Waals surface area contributed by atoms with Crippen molar-refractivity contribution >= 4 is 35.0 Å². The summed E-state index contributed by atoms with van der Waals surface area (Å²) in [6.07, 6.45) is 0. The molecule has 24 heavy (non-hydrogen) atoms. The molecule has 0 radical (unpaired) electrons. The van der Waals surface area contributed by atoms with Gasteiger partial charge in [-0.2, -0.15) is 0 Å². The highest BCUT2D eigenvalue weighted by Gasteiger charge is 2.16. The second-order valence-electron chi connectivity index (χ2n) is 5.30. The molecule has 126 valence electrons. The first-order chi connectivity index (χ1) is 11.5. The van der Waals surface area contributed by atoms with E-state index in [0.29, 0.717) is 11.4 Å². The van der Waals surface area contributed by atoms with E-state index < -0.39 is 5.82 Å². The number of carbonyl (C=O) groups excluding carboxylic acids is 2. The Kier molecular flexibility index (Phi) is 6.37. The van der Waals surface area contributed by atoms with Crippen LogP contribution in [0.3, 0.4) is 0 Å². The van der Waals surface area contributed by atoms with Crippen molar-refractivity contribution in [2.75, 3.05) is 10.6 Å². The molecule has 0 bridgehead atoms. The van der Waals surface area contributed by atoms with Gasteiger partial charge in [-0.05, 0) is 30.7 Å². The molecule has 0 aliphatic carbocycles. The molecule has 0 aromatic heterocycles. The van der Waals surface area contributed by atoms with Crippen molar-refractivity contribution in [2.24, 2.45) is 0 Å². The van der Waals surface area contributed by atoms with Gasteiger partial charge in [0.15, 0.2) is 0 Å². The Morgan fingerprint density at radius 2 is 1.83 bits per heavy atom. The second-order valence-corrected chi connectivity index (χ2v) is 6.63. The van der Waals surface area contributed by atoms with Gasteiger partial charge in [-0.25, -0.2) is 4.39 Å².